The van der Waals surface area contributed by atoms with Gasteiger partial charge in [-0.3, -0.25) is 0 Å². The Morgan fingerprint density at radius 2 is 1.76 bits per heavy atom. The summed E-state index contributed by atoms with van der Waals surface area (Å²) >= 11 is 0. The highest BCUT2D eigenvalue weighted by atomic mass is 32.2. The molecule has 0 bridgehead atoms. The molecule has 0 spiro atoms. The summed E-state index contributed by atoms with van der Waals surface area (Å²) in [4.78, 5) is 13.7. The summed E-state index contributed by atoms with van der Waals surface area (Å²) in [6.45, 7) is 0. The van der Waals surface area contributed by atoms with Gasteiger partial charge in [0.2, 0.25) is 5.95 Å². The van der Waals surface area contributed by atoms with Crippen molar-refractivity contribution in [3.63, 3.8) is 0 Å². The van der Waals surface area contributed by atoms with Gasteiger partial charge in [-0.05, 0) is 30.3 Å². The molecule has 0 amide bonds. The van der Waals surface area contributed by atoms with Crippen LogP contribution in [0.5, 0.6) is 0 Å². The summed E-state index contributed by atoms with van der Waals surface area (Å²) in [6.07, 6.45) is 4.56. The molecular weight excluding hydrogens is 290 g/mol. The molecule has 1 aromatic heterocycles. The van der Waals surface area contributed by atoms with Gasteiger partial charge in [0.1, 0.15) is 0 Å². The van der Waals surface area contributed by atoms with Crippen molar-refractivity contribution in [2.75, 3.05) is 18.8 Å². The molecule has 0 aliphatic heterocycles. The van der Waals surface area contributed by atoms with E-state index in [0.29, 0.717) is 5.69 Å². The van der Waals surface area contributed by atoms with E-state index in [1.807, 2.05) is 14.1 Å². The van der Waals surface area contributed by atoms with Crippen molar-refractivity contribution in [3.8, 4) is 0 Å². The average molecular weight is 305 g/mol. The van der Waals surface area contributed by atoms with E-state index in [9.17, 15) is 8.42 Å². The Hall–Kier alpha value is -2.48. The Morgan fingerprint density at radius 1 is 1.14 bits per heavy atom. The fraction of sp³-hybridized carbons (Fsp3) is 0.154. The summed E-state index contributed by atoms with van der Waals surface area (Å²) in [7, 11) is 0.00791. The molecule has 0 saturated carbocycles. The van der Waals surface area contributed by atoms with Gasteiger partial charge in [0.25, 0.3) is 10.0 Å². The van der Waals surface area contributed by atoms with Crippen molar-refractivity contribution >= 4 is 28.0 Å². The lowest BCUT2D eigenvalue weighted by Crippen LogP contribution is -2.14. The quantitative estimate of drug-likeness (QED) is 0.668. The molecule has 0 atom stereocenters. The number of hydrogen-bond acceptors (Lipinski definition) is 5. The Balaban J connectivity index is 2.17. The zero-order chi connectivity index (χ0) is 15.3. The van der Waals surface area contributed by atoms with Crippen LogP contribution in [0.1, 0.15) is 0 Å². The molecule has 2 rings (SSSR count). The number of nitrogens with one attached hydrogen (secondary N) is 1. The van der Waals surface area contributed by atoms with Gasteiger partial charge in [0.05, 0.1) is 16.9 Å². The van der Waals surface area contributed by atoms with Gasteiger partial charge in [-0.25, -0.2) is 28.1 Å². The van der Waals surface area contributed by atoms with E-state index < -0.39 is 10.0 Å². The van der Waals surface area contributed by atoms with Crippen LogP contribution in [0.15, 0.2) is 52.6 Å². The lowest BCUT2D eigenvalue weighted by molar-refractivity contribution is 0.601. The van der Waals surface area contributed by atoms with E-state index >= 15 is 0 Å². The van der Waals surface area contributed by atoms with Crippen molar-refractivity contribution in [3.05, 3.63) is 42.7 Å². The predicted molar refractivity (Wildman–Crippen MR) is 81.1 cm³/mol. The molecule has 8 heteroatoms. The largest absolute Gasteiger partial charge is 0.369 e. The minimum absolute atomic E-state index is 0.0344. The predicted octanol–water partition coefficient (Wildman–Crippen LogP) is 1.50. The van der Waals surface area contributed by atoms with Gasteiger partial charge in [-0.1, -0.05) is 0 Å². The Labute approximate surface area is 123 Å². The monoisotopic (exact) mass is 305 g/mol. The van der Waals surface area contributed by atoms with Crippen LogP contribution in [0.25, 0.3) is 0 Å². The first-order valence-corrected chi connectivity index (χ1v) is 7.56. The molecule has 1 heterocycles. The number of nitrogens with zero attached hydrogens (tertiary/aromatic N) is 4. The van der Waals surface area contributed by atoms with Gasteiger partial charge < -0.3 is 4.90 Å². The van der Waals surface area contributed by atoms with Crippen LogP contribution in [-0.2, 0) is 10.0 Å². The van der Waals surface area contributed by atoms with Crippen molar-refractivity contribution < 1.29 is 8.42 Å². The Kier molecular flexibility index (Phi) is 4.49. The second kappa shape index (κ2) is 6.31. The van der Waals surface area contributed by atoms with Crippen LogP contribution in [0.2, 0.25) is 0 Å². The Bertz CT molecular complexity index is 712. The van der Waals surface area contributed by atoms with E-state index in [0.717, 1.165) is 0 Å². The maximum absolute atomic E-state index is 12.1. The van der Waals surface area contributed by atoms with Crippen molar-refractivity contribution in [1.29, 1.82) is 0 Å². The second-order valence-electron chi connectivity index (χ2n) is 4.38. The highest BCUT2D eigenvalue weighted by Crippen LogP contribution is 2.17. The molecule has 0 aliphatic rings. The van der Waals surface area contributed by atoms with Crippen LogP contribution < -0.4 is 4.72 Å². The molecular formula is C13H15N5O2S. The second-order valence-corrected chi connectivity index (χ2v) is 6.06. The summed E-state index contributed by atoms with van der Waals surface area (Å²) in [5, 5.41) is 0. The first-order chi connectivity index (χ1) is 9.97. The van der Waals surface area contributed by atoms with Crippen LogP contribution in [0.4, 0.5) is 11.6 Å². The van der Waals surface area contributed by atoms with Gasteiger partial charge in [0, 0.05) is 26.5 Å². The van der Waals surface area contributed by atoms with Crippen molar-refractivity contribution in [1.82, 2.24) is 14.9 Å². The van der Waals surface area contributed by atoms with Gasteiger partial charge in [0.15, 0.2) is 0 Å². The molecule has 110 valence electrons. The third-order valence-corrected chi connectivity index (χ3v) is 3.72. The minimum atomic E-state index is -3.70. The number of aliphatic imine (C=N–C) groups is 1. The fourth-order valence-electron chi connectivity index (χ4n) is 1.42. The third kappa shape index (κ3) is 4.25. The smallest absolute Gasteiger partial charge is 0.264 e. The van der Waals surface area contributed by atoms with Crippen molar-refractivity contribution in [2.24, 2.45) is 4.99 Å². The molecule has 0 radical (unpaired) electrons. The minimum Gasteiger partial charge on any atom is -0.369 e. The van der Waals surface area contributed by atoms with Gasteiger partial charge in [-0.2, -0.15) is 0 Å². The summed E-state index contributed by atoms with van der Waals surface area (Å²) in [6, 6.07) is 7.82. The van der Waals surface area contributed by atoms with Crippen LogP contribution in [-0.4, -0.2) is 43.7 Å². The number of sulfonamides is 1. The van der Waals surface area contributed by atoms with Crippen LogP contribution in [0, 0.1) is 0 Å². The van der Waals surface area contributed by atoms with Crippen LogP contribution >= 0.6 is 0 Å². The highest BCUT2D eigenvalue weighted by Gasteiger charge is 2.14. The number of anilines is 1. The molecule has 0 saturated heterocycles. The lowest BCUT2D eigenvalue weighted by Gasteiger charge is -2.06. The zero-order valence-electron chi connectivity index (χ0n) is 11.6. The Morgan fingerprint density at radius 3 is 2.33 bits per heavy atom. The number of rotatable bonds is 5. The summed E-state index contributed by atoms with van der Waals surface area (Å²) in [5.41, 5.74) is 0.665. The normalized spacial score (nSPS) is 11.5. The van der Waals surface area contributed by atoms with Gasteiger partial charge in [-0.15, -0.1) is 0 Å². The van der Waals surface area contributed by atoms with E-state index in [1.165, 1.54) is 24.5 Å². The molecule has 0 fully saturated rings. The lowest BCUT2D eigenvalue weighted by atomic mass is 10.3. The number of hydrogen-bond donors (Lipinski definition) is 1. The maximum atomic E-state index is 12.1. The number of aromatic nitrogens is 2. The summed E-state index contributed by atoms with van der Waals surface area (Å²) < 4.78 is 26.6. The molecule has 1 N–H and O–H groups in total. The van der Waals surface area contributed by atoms with E-state index in [4.69, 9.17) is 0 Å². The standard InChI is InChI=1S/C13H15N5O2S/c1-18(2)10-16-11-4-6-12(7-5-11)21(19,20)17-13-14-8-3-9-15-13/h3-10H,1-2H3,(H,14,15,17). The summed E-state index contributed by atoms with van der Waals surface area (Å²) in [5.74, 6) is 0.0344. The van der Waals surface area contributed by atoms with E-state index in [2.05, 4.69) is 19.7 Å². The molecule has 1 aromatic carbocycles. The third-order valence-electron chi connectivity index (χ3n) is 2.38. The molecule has 0 aliphatic carbocycles. The van der Waals surface area contributed by atoms with E-state index in [-0.39, 0.29) is 10.8 Å². The zero-order valence-corrected chi connectivity index (χ0v) is 12.4. The van der Waals surface area contributed by atoms with Crippen molar-refractivity contribution in [2.45, 2.75) is 4.90 Å². The first kappa shape index (κ1) is 14.9. The van der Waals surface area contributed by atoms with Crippen LogP contribution in [0.3, 0.4) is 0 Å². The van der Waals surface area contributed by atoms with E-state index in [1.54, 1.807) is 29.4 Å². The highest BCUT2D eigenvalue weighted by molar-refractivity contribution is 7.92. The molecule has 2 aromatic rings. The topological polar surface area (TPSA) is 87.5 Å². The number of benzene rings is 1. The molecule has 0 unspecified atom stereocenters. The molecule has 21 heavy (non-hydrogen) atoms. The fourth-order valence-corrected chi connectivity index (χ4v) is 2.38. The molecule has 7 nitrogen and oxygen atoms in total. The average Bonchev–Trinajstić information content (AvgIpc) is 2.46. The first-order valence-electron chi connectivity index (χ1n) is 6.08. The maximum Gasteiger partial charge on any atom is 0.264 e. The SMILES string of the molecule is CN(C)C=Nc1ccc(S(=O)(=O)Nc2ncccn2)cc1. The van der Waals surface area contributed by atoms with Gasteiger partial charge >= 0.3 is 0 Å².